The van der Waals surface area contributed by atoms with Crippen molar-refractivity contribution in [3.63, 3.8) is 0 Å². The number of nitrogens with zero attached hydrogens (tertiary/aromatic N) is 1. The topological polar surface area (TPSA) is 31.2 Å². The van der Waals surface area contributed by atoms with Gasteiger partial charge in [-0.2, -0.15) is 0 Å². The molecule has 21 heavy (non-hydrogen) atoms. The molecule has 3 aromatic rings. The number of ether oxygens (including phenoxy) is 1. The van der Waals surface area contributed by atoms with Crippen LogP contribution in [0.2, 0.25) is 0 Å². The average molecular weight is 283 g/mol. The molecule has 0 radical (unpaired) electrons. The summed E-state index contributed by atoms with van der Waals surface area (Å²) in [5.41, 5.74) is 1.60. The number of hydrogen-bond donors (Lipinski definition) is 0. The Labute approximate surface area is 121 Å². The molecule has 3 rings (SSSR count). The fourth-order valence-corrected chi connectivity index (χ4v) is 2.35. The van der Waals surface area contributed by atoms with Crippen molar-refractivity contribution in [3.05, 3.63) is 76.3 Å². The lowest BCUT2D eigenvalue weighted by molar-refractivity contribution is 0.414. The number of pyridine rings is 1. The third kappa shape index (κ3) is 2.65. The molecule has 3 nitrogen and oxygen atoms in total. The first kappa shape index (κ1) is 13.4. The van der Waals surface area contributed by atoms with Gasteiger partial charge in [0.15, 0.2) is 0 Å². The highest BCUT2D eigenvalue weighted by Crippen LogP contribution is 2.16. The first-order chi connectivity index (χ1) is 10.2. The zero-order valence-electron chi connectivity index (χ0n) is 11.5. The van der Waals surface area contributed by atoms with E-state index in [1.54, 1.807) is 23.8 Å². The van der Waals surface area contributed by atoms with Gasteiger partial charge in [0.05, 0.1) is 19.2 Å². The third-order valence-corrected chi connectivity index (χ3v) is 3.45. The van der Waals surface area contributed by atoms with Crippen LogP contribution in [0.25, 0.3) is 10.9 Å². The Kier molecular flexibility index (Phi) is 3.44. The number of fused-ring (bicyclic) bond motifs is 1. The zero-order valence-corrected chi connectivity index (χ0v) is 11.5. The highest BCUT2D eigenvalue weighted by Gasteiger charge is 2.05. The fourth-order valence-electron chi connectivity index (χ4n) is 2.35. The van der Waals surface area contributed by atoms with Crippen molar-refractivity contribution in [2.75, 3.05) is 7.11 Å². The molecule has 0 N–H and O–H groups in total. The molecule has 4 heteroatoms. The van der Waals surface area contributed by atoms with Crippen molar-refractivity contribution in [2.24, 2.45) is 0 Å². The molecule has 0 saturated carbocycles. The molecule has 0 spiro atoms. The van der Waals surface area contributed by atoms with Gasteiger partial charge >= 0.3 is 0 Å². The number of aromatic nitrogens is 1. The van der Waals surface area contributed by atoms with E-state index < -0.39 is 0 Å². The van der Waals surface area contributed by atoms with E-state index in [1.807, 2.05) is 24.3 Å². The molecule has 0 atom stereocenters. The van der Waals surface area contributed by atoms with Crippen molar-refractivity contribution >= 4 is 10.9 Å². The second-order valence-corrected chi connectivity index (χ2v) is 4.81. The Morgan fingerprint density at radius 3 is 2.52 bits per heavy atom. The summed E-state index contributed by atoms with van der Waals surface area (Å²) in [6.45, 7) is 0.436. The Hall–Kier alpha value is -2.62. The first-order valence-electron chi connectivity index (χ1n) is 6.59. The van der Waals surface area contributed by atoms with Crippen LogP contribution in [0.15, 0.2) is 59.4 Å². The highest BCUT2D eigenvalue weighted by molar-refractivity contribution is 5.79. The van der Waals surface area contributed by atoms with Crippen molar-refractivity contribution in [1.29, 1.82) is 0 Å². The first-order valence-corrected chi connectivity index (χ1v) is 6.59. The maximum atomic E-state index is 13.3. The van der Waals surface area contributed by atoms with Crippen LogP contribution in [-0.2, 0) is 6.54 Å². The minimum absolute atomic E-state index is 0.107. The van der Waals surface area contributed by atoms with Gasteiger partial charge in [0.1, 0.15) is 11.6 Å². The maximum absolute atomic E-state index is 13.3. The lowest BCUT2D eigenvalue weighted by Gasteiger charge is -2.10. The summed E-state index contributed by atoms with van der Waals surface area (Å²) in [5.74, 6) is 0.461. The van der Waals surface area contributed by atoms with Gasteiger partial charge in [-0.3, -0.25) is 4.79 Å². The second kappa shape index (κ2) is 5.40. The summed E-state index contributed by atoms with van der Waals surface area (Å²) in [6, 6.07) is 15.1. The Morgan fingerprint density at radius 2 is 1.81 bits per heavy atom. The summed E-state index contributed by atoms with van der Waals surface area (Å²) in [6.07, 6.45) is 0. The minimum Gasteiger partial charge on any atom is -0.497 e. The molecule has 0 unspecified atom stereocenters. The smallest absolute Gasteiger partial charge is 0.251 e. The van der Waals surface area contributed by atoms with E-state index in [4.69, 9.17) is 4.74 Å². The minimum atomic E-state index is -0.308. The van der Waals surface area contributed by atoms with Crippen molar-refractivity contribution < 1.29 is 9.13 Å². The summed E-state index contributed by atoms with van der Waals surface area (Å²) in [7, 11) is 1.61. The van der Waals surface area contributed by atoms with E-state index in [0.717, 1.165) is 16.8 Å². The molecule has 1 aromatic heterocycles. The summed E-state index contributed by atoms with van der Waals surface area (Å²) in [4.78, 5) is 12.1. The van der Waals surface area contributed by atoms with Crippen molar-refractivity contribution in [2.45, 2.75) is 6.54 Å². The predicted octanol–water partition coefficient (Wildman–Crippen LogP) is 3.20. The van der Waals surface area contributed by atoms with Gasteiger partial charge in [-0.25, -0.2) is 4.39 Å². The predicted molar refractivity (Wildman–Crippen MR) is 80.3 cm³/mol. The Bertz CT molecular complexity index is 838. The monoisotopic (exact) mass is 283 g/mol. The van der Waals surface area contributed by atoms with Crippen LogP contribution in [0.3, 0.4) is 0 Å². The van der Waals surface area contributed by atoms with E-state index in [1.165, 1.54) is 18.2 Å². The van der Waals surface area contributed by atoms with E-state index >= 15 is 0 Å². The van der Waals surface area contributed by atoms with E-state index in [0.29, 0.717) is 11.9 Å². The molecular weight excluding hydrogens is 269 g/mol. The Morgan fingerprint density at radius 1 is 1.05 bits per heavy atom. The largest absolute Gasteiger partial charge is 0.497 e. The maximum Gasteiger partial charge on any atom is 0.251 e. The Balaban J connectivity index is 2.06. The van der Waals surface area contributed by atoms with Crippen LogP contribution >= 0.6 is 0 Å². The van der Waals surface area contributed by atoms with Crippen LogP contribution < -0.4 is 10.3 Å². The molecule has 0 aliphatic heterocycles. The van der Waals surface area contributed by atoms with Gasteiger partial charge in [0, 0.05) is 11.5 Å². The van der Waals surface area contributed by atoms with Crippen LogP contribution in [0, 0.1) is 5.82 Å². The molecule has 0 saturated heterocycles. The summed E-state index contributed by atoms with van der Waals surface area (Å²) < 4.78 is 20.0. The number of benzene rings is 2. The molecule has 0 amide bonds. The molecule has 1 heterocycles. The number of rotatable bonds is 3. The standard InChI is InChI=1S/C17H14FNO2/c1-21-15-6-2-12(3-7-15)11-19-16-8-5-14(18)10-13(16)4-9-17(19)20/h2-10H,11H2,1H3. The molecule has 0 fully saturated rings. The second-order valence-electron chi connectivity index (χ2n) is 4.81. The zero-order chi connectivity index (χ0) is 14.8. The molecule has 0 bridgehead atoms. The molecule has 106 valence electrons. The van der Waals surface area contributed by atoms with Crippen molar-refractivity contribution in [1.82, 2.24) is 4.57 Å². The third-order valence-electron chi connectivity index (χ3n) is 3.45. The SMILES string of the molecule is COc1ccc(Cn2c(=O)ccc3cc(F)ccc32)cc1. The van der Waals surface area contributed by atoms with E-state index in [2.05, 4.69) is 0 Å². The fraction of sp³-hybridized carbons (Fsp3) is 0.118. The number of hydrogen-bond acceptors (Lipinski definition) is 2. The van der Waals surface area contributed by atoms with Crippen LogP contribution in [0.1, 0.15) is 5.56 Å². The van der Waals surface area contributed by atoms with E-state index in [9.17, 15) is 9.18 Å². The van der Waals surface area contributed by atoms with Crippen LogP contribution in [0.5, 0.6) is 5.75 Å². The lowest BCUT2D eigenvalue weighted by Crippen LogP contribution is -2.19. The quantitative estimate of drug-likeness (QED) is 0.739. The summed E-state index contributed by atoms with van der Waals surface area (Å²) in [5, 5.41) is 0.711. The van der Waals surface area contributed by atoms with Gasteiger partial charge < -0.3 is 9.30 Å². The van der Waals surface area contributed by atoms with Crippen molar-refractivity contribution in [3.8, 4) is 5.75 Å². The van der Waals surface area contributed by atoms with E-state index in [-0.39, 0.29) is 11.4 Å². The van der Waals surface area contributed by atoms with Crippen LogP contribution in [-0.4, -0.2) is 11.7 Å². The molecule has 2 aromatic carbocycles. The van der Waals surface area contributed by atoms with Gasteiger partial charge in [-0.15, -0.1) is 0 Å². The molecule has 0 aliphatic carbocycles. The molecular formula is C17H14FNO2. The van der Waals surface area contributed by atoms with Gasteiger partial charge in [0.25, 0.3) is 5.56 Å². The number of methoxy groups -OCH3 is 1. The molecule has 0 aliphatic rings. The van der Waals surface area contributed by atoms with Gasteiger partial charge in [-0.05, 0) is 42.0 Å². The normalized spacial score (nSPS) is 10.8. The van der Waals surface area contributed by atoms with Gasteiger partial charge in [-0.1, -0.05) is 12.1 Å². The lowest BCUT2D eigenvalue weighted by atomic mass is 10.1. The van der Waals surface area contributed by atoms with Gasteiger partial charge in [0.2, 0.25) is 0 Å². The number of halogens is 1. The van der Waals surface area contributed by atoms with Crippen LogP contribution in [0.4, 0.5) is 4.39 Å². The average Bonchev–Trinajstić information content (AvgIpc) is 2.51. The highest BCUT2D eigenvalue weighted by atomic mass is 19.1. The summed E-state index contributed by atoms with van der Waals surface area (Å²) >= 11 is 0.